The van der Waals surface area contributed by atoms with E-state index in [9.17, 15) is 5.21 Å². The van der Waals surface area contributed by atoms with Crippen molar-refractivity contribution >= 4 is 6.21 Å². The van der Waals surface area contributed by atoms with Crippen LogP contribution in [0, 0.1) is 11.1 Å². The summed E-state index contributed by atoms with van der Waals surface area (Å²) in [5.74, 6) is 0.534. The molecule has 0 aromatic rings. The van der Waals surface area contributed by atoms with E-state index in [4.69, 9.17) is 0 Å². The Bertz CT molecular complexity index is 208. The second kappa shape index (κ2) is 2.68. The summed E-state index contributed by atoms with van der Waals surface area (Å²) < 4.78 is 1.13. The minimum atomic E-state index is 0.258. The van der Waals surface area contributed by atoms with Gasteiger partial charge >= 0.3 is 0 Å². The Kier molecular flexibility index (Phi) is 1.68. The summed E-state index contributed by atoms with van der Waals surface area (Å²) in [5, 5.41) is 11.2. The molecule has 11 heavy (non-hydrogen) atoms. The zero-order valence-corrected chi connectivity index (χ0v) is 6.57. The van der Waals surface area contributed by atoms with Crippen molar-refractivity contribution in [2.24, 2.45) is 5.92 Å². The summed E-state index contributed by atoms with van der Waals surface area (Å²) in [7, 11) is 0. The Morgan fingerprint density at radius 3 is 2.91 bits per heavy atom. The lowest BCUT2D eigenvalue weighted by Gasteiger charge is -2.29. The molecule has 0 aromatic carbocycles. The molecule has 2 aliphatic rings. The summed E-state index contributed by atoms with van der Waals surface area (Å²) in [6.07, 6.45) is 10.5. The van der Waals surface area contributed by atoms with Crippen molar-refractivity contribution in [3.05, 3.63) is 17.4 Å². The van der Waals surface area contributed by atoms with E-state index in [0.29, 0.717) is 5.92 Å². The number of rotatable bonds is 0. The highest BCUT2D eigenvalue weighted by molar-refractivity contribution is 5.67. The van der Waals surface area contributed by atoms with Gasteiger partial charge in [-0.3, -0.25) is 0 Å². The number of hydrogen-bond donors (Lipinski definition) is 0. The van der Waals surface area contributed by atoms with Crippen LogP contribution in [0.1, 0.15) is 25.7 Å². The molecule has 60 valence electrons. The first-order valence-corrected chi connectivity index (χ1v) is 4.35. The molecule has 2 nitrogen and oxygen atoms in total. The first-order chi connectivity index (χ1) is 5.38. The maximum absolute atomic E-state index is 11.2. The lowest BCUT2D eigenvalue weighted by molar-refractivity contribution is -0.509. The van der Waals surface area contributed by atoms with E-state index in [1.165, 1.54) is 19.3 Å². The van der Waals surface area contributed by atoms with E-state index in [0.717, 1.165) is 11.2 Å². The van der Waals surface area contributed by atoms with Crippen molar-refractivity contribution in [2.75, 3.05) is 0 Å². The highest BCUT2D eigenvalue weighted by atomic mass is 16.5. The Morgan fingerprint density at radius 1 is 1.27 bits per heavy atom. The van der Waals surface area contributed by atoms with Crippen LogP contribution < -0.4 is 0 Å². The van der Waals surface area contributed by atoms with Crippen LogP contribution in [-0.2, 0) is 0 Å². The summed E-state index contributed by atoms with van der Waals surface area (Å²) in [6.45, 7) is 0. The zero-order valence-electron chi connectivity index (χ0n) is 6.57. The largest absolute Gasteiger partial charge is 0.624 e. The van der Waals surface area contributed by atoms with Crippen molar-refractivity contribution in [2.45, 2.75) is 31.7 Å². The zero-order chi connectivity index (χ0) is 7.68. The molecule has 1 heterocycles. The van der Waals surface area contributed by atoms with Crippen LogP contribution in [-0.4, -0.2) is 17.0 Å². The molecule has 2 atom stereocenters. The Labute approximate surface area is 66.8 Å². The third kappa shape index (κ3) is 1.17. The van der Waals surface area contributed by atoms with E-state index in [1.54, 1.807) is 6.21 Å². The van der Waals surface area contributed by atoms with Gasteiger partial charge in [0.25, 0.3) is 0 Å². The van der Waals surface area contributed by atoms with Gasteiger partial charge in [-0.25, -0.2) is 4.74 Å². The van der Waals surface area contributed by atoms with Crippen LogP contribution in [0.5, 0.6) is 0 Å². The summed E-state index contributed by atoms with van der Waals surface area (Å²) in [5.41, 5.74) is 0. The van der Waals surface area contributed by atoms with Gasteiger partial charge in [0.1, 0.15) is 0 Å². The third-order valence-electron chi connectivity index (χ3n) is 2.70. The van der Waals surface area contributed by atoms with Gasteiger partial charge in [0.2, 0.25) is 0 Å². The topological polar surface area (TPSA) is 26.1 Å². The van der Waals surface area contributed by atoms with Gasteiger partial charge in [-0.05, 0) is 18.9 Å². The van der Waals surface area contributed by atoms with Crippen molar-refractivity contribution in [3.8, 4) is 0 Å². The van der Waals surface area contributed by atoms with Crippen LogP contribution >= 0.6 is 0 Å². The second-order valence-electron chi connectivity index (χ2n) is 3.41. The Morgan fingerprint density at radius 2 is 2.09 bits per heavy atom. The van der Waals surface area contributed by atoms with Crippen LogP contribution in [0.15, 0.2) is 12.2 Å². The van der Waals surface area contributed by atoms with Crippen LogP contribution in [0.4, 0.5) is 0 Å². The van der Waals surface area contributed by atoms with Gasteiger partial charge in [0, 0.05) is 12.3 Å². The Hall–Kier alpha value is -0.790. The minimum Gasteiger partial charge on any atom is -0.624 e. The molecule has 0 N–H and O–H groups in total. The van der Waals surface area contributed by atoms with Gasteiger partial charge in [0.15, 0.2) is 12.3 Å². The molecule has 1 aliphatic carbocycles. The van der Waals surface area contributed by atoms with Crippen LogP contribution in [0.3, 0.4) is 0 Å². The summed E-state index contributed by atoms with van der Waals surface area (Å²) in [6, 6.07) is 0.258. The van der Waals surface area contributed by atoms with Gasteiger partial charge in [-0.1, -0.05) is 12.5 Å². The summed E-state index contributed by atoms with van der Waals surface area (Å²) >= 11 is 0. The molecule has 1 fully saturated rings. The fourth-order valence-corrected chi connectivity index (χ4v) is 2.07. The first-order valence-electron chi connectivity index (χ1n) is 4.35. The third-order valence-corrected chi connectivity index (χ3v) is 2.70. The van der Waals surface area contributed by atoms with Gasteiger partial charge in [-0.15, -0.1) is 0 Å². The van der Waals surface area contributed by atoms with E-state index in [1.807, 2.05) is 6.08 Å². The predicted molar refractivity (Wildman–Crippen MR) is 44.6 cm³/mol. The summed E-state index contributed by atoms with van der Waals surface area (Å²) in [4.78, 5) is 0. The molecule has 2 unspecified atom stereocenters. The molecule has 0 radical (unpaired) electrons. The van der Waals surface area contributed by atoms with Gasteiger partial charge in [-0.2, -0.15) is 0 Å². The van der Waals surface area contributed by atoms with Crippen molar-refractivity contribution in [1.29, 1.82) is 0 Å². The molecule has 0 bridgehead atoms. The van der Waals surface area contributed by atoms with Crippen LogP contribution in [0.2, 0.25) is 0 Å². The Balaban J connectivity index is 2.16. The van der Waals surface area contributed by atoms with E-state index >= 15 is 0 Å². The predicted octanol–water partition coefficient (Wildman–Crippen LogP) is 1.70. The molecule has 0 amide bonds. The average molecular weight is 151 g/mol. The van der Waals surface area contributed by atoms with Crippen LogP contribution in [0.25, 0.3) is 0 Å². The highest BCUT2D eigenvalue weighted by Gasteiger charge is 2.30. The lowest BCUT2D eigenvalue weighted by Crippen LogP contribution is -2.34. The average Bonchev–Trinajstić information content (AvgIpc) is 2.06. The fraction of sp³-hybridized carbons (Fsp3) is 0.667. The standard InChI is InChI=1S/C9H13NO/c11-10-7-3-5-8-4-1-2-6-9(8)10/h3,5,7-9H,1-2,4,6H2. The van der Waals surface area contributed by atoms with E-state index in [-0.39, 0.29) is 6.04 Å². The lowest BCUT2D eigenvalue weighted by atomic mass is 9.83. The number of hydrogen-bond acceptors (Lipinski definition) is 1. The normalized spacial score (nSPS) is 36.2. The van der Waals surface area contributed by atoms with E-state index in [2.05, 4.69) is 6.08 Å². The van der Waals surface area contributed by atoms with Gasteiger partial charge < -0.3 is 5.21 Å². The molecule has 1 aliphatic heterocycles. The number of allylic oxidation sites excluding steroid dienone is 1. The molecular formula is C9H13NO. The maximum Gasteiger partial charge on any atom is 0.174 e. The van der Waals surface area contributed by atoms with Gasteiger partial charge in [0.05, 0.1) is 0 Å². The maximum atomic E-state index is 11.2. The SMILES string of the molecule is [O-][N+]1=CC=CC2CCCCC21. The fourth-order valence-electron chi connectivity index (χ4n) is 2.07. The molecule has 0 aromatic heterocycles. The number of fused-ring (bicyclic) bond motifs is 1. The molecule has 1 saturated carbocycles. The van der Waals surface area contributed by atoms with E-state index < -0.39 is 0 Å². The smallest absolute Gasteiger partial charge is 0.174 e. The molecular weight excluding hydrogens is 138 g/mol. The first kappa shape index (κ1) is 6.89. The highest BCUT2D eigenvalue weighted by Crippen LogP contribution is 2.28. The van der Waals surface area contributed by atoms with Crippen molar-refractivity contribution < 1.29 is 4.74 Å². The second-order valence-corrected chi connectivity index (χ2v) is 3.41. The van der Waals surface area contributed by atoms with Crippen molar-refractivity contribution in [1.82, 2.24) is 0 Å². The molecule has 0 spiro atoms. The molecule has 2 rings (SSSR count). The number of hydroxylamine groups is 1. The molecule has 0 saturated heterocycles. The number of nitrogens with zero attached hydrogens (tertiary/aromatic N) is 1. The quantitative estimate of drug-likeness (QED) is 0.382. The monoisotopic (exact) mass is 151 g/mol. The molecule has 2 heteroatoms. The van der Waals surface area contributed by atoms with Crippen molar-refractivity contribution in [3.63, 3.8) is 0 Å². The minimum absolute atomic E-state index is 0.258.